The zero-order chi connectivity index (χ0) is 13.4. The Hall–Kier alpha value is -1.07. The number of nitrogens with zero attached hydrogens (tertiary/aromatic N) is 2. The van der Waals surface area contributed by atoms with Gasteiger partial charge in [0.15, 0.2) is 0 Å². The highest BCUT2D eigenvalue weighted by atomic mass is 35.5. The zero-order valence-electron chi connectivity index (χ0n) is 12.1. The molecule has 2 atom stereocenters. The van der Waals surface area contributed by atoms with E-state index >= 15 is 0 Å². The first kappa shape index (κ1) is 15.3. The van der Waals surface area contributed by atoms with Crippen LogP contribution in [0.3, 0.4) is 0 Å². The van der Waals surface area contributed by atoms with E-state index in [0.29, 0.717) is 5.92 Å². The van der Waals surface area contributed by atoms with Crippen molar-refractivity contribution in [2.45, 2.75) is 32.2 Å². The minimum Gasteiger partial charge on any atom is -0.349 e. The number of nitrogens with one attached hydrogen (secondary N) is 2. The standard InChI is InChI=1S/C14H22N4O.ClH/c1-9(10-6-15-7-10)14(19)17-12-4-3-5-13-11(12)8-16-18(13)2;/h8-10,12,15H,3-7H2,1-2H3,(H,17,19);1H. The number of rotatable bonds is 3. The Morgan fingerprint density at radius 1 is 1.55 bits per heavy atom. The SMILES string of the molecule is CC(C(=O)NC1CCCc2c1cnn2C)C1CNC1.Cl. The Kier molecular flexibility index (Phi) is 4.70. The highest BCUT2D eigenvalue weighted by molar-refractivity contribution is 5.85. The third-order valence-electron chi connectivity index (χ3n) is 4.63. The van der Waals surface area contributed by atoms with Gasteiger partial charge in [-0.1, -0.05) is 6.92 Å². The minimum absolute atomic E-state index is 0. The fourth-order valence-corrected chi connectivity index (χ4v) is 3.04. The van der Waals surface area contributed by atoms with Crippen LogP contribution in [0.4, 0.5) is 0 Å². The van der Waals surface area contributed by atoms with Crippen molar-refractivity contribution in [1.29, 1.82) is 0 Å². The Morgan fingerprint density at radius 3 is 2.95 bits per heavy atom. The van der Waals surface area contributed by atoms with Gasteiger partial charge in [0.25, 0.3) is 0 Å². The first-order valence-corrected chi connectivity index (χ1v) is 7.18. The van der Waals surface area contributed by atoms with Crippen LogP contribution in [0.2, 0.25) is 0 Å². The maximum atomic E-state index is 12.3. The van der Waals surface area contributed by atoms with Crippen LogP contribution in [-0.4, -0.2) is 28.8 Å². The van der Waals surface area contributed by atoms with Gasteiger partial charge in [-0.3, -0.25) is 9.48 Å². The van der Waals surface area contributed by atoms with E-state index in [-0.39, 0.29) is 30.3 Å². The summed E-state index contributed by atoms with van der Waals surface area (Å²) in [6.07, 6.45) is 5.13. The number of carbonyl (C=O) groups excluding carboxylic acids is 1. The second kappa shape index (κ2) is 6.14. The lowest BCUT2D eigenvalue weighted by Crippen LogP contribution is -2.50. The molecular formula is C14H23ClN4O. The zero-order valence-corrected chi connectivity index (χ0v) is 12.9. The Balaban J connectivity index is 0.00000147. The van der Waals surface area contributed by atoms with E-state index in [4.69, 9.17) is 0 Å². The van der Waals surface area contributed by atoms with E-state index < -0.39 is 0 Å². The summed E-state index contributed by atoms with van der Waals surface area (Å²) >= 11 is 0. The summed E-state index contributed by atoms with van der Waals surface area (Å²) in [4.78, 5) is 12.3. The van der Waals surface area contributed by atoms with Crippen molar-refractivity contribution >= 4 is 18.3 Å². The van der Waals surface area contributed by atoms with Gasteiger partial charge in [-0.05, 0) is 38.3 Å². The summed E-state index contributed by atoms with van der Waals surface area (Å²) in [6.45, 7) is 3.97. The van der Waals surface area contributed by atoms with Gasteiger partial charge < -0.3 is 10.6 Å². The molecule has 2 aliphatic rings. The molecule has 1 saturated heterocycles. The highest BCUT2D eigenvalue weighted by Gasteiger charge is 2.31. The Bertz CT molecular complexity index is 484. The number of aromatic nitrogens is 2. The largest absolute Gasteiger partial charge is 0.349 e. The molecule has 6 heteroatoms. The maximum Gasteiger partial charge on any atom is 0.223 e. The van der Waals surface area contributed by atoms with Crippen LogP contribution in [-0.2, 0) is 18.3 Å². The lowest BCUT2D eigenvalue weighted by Gasteiger charge is -2.33. The Labute approximate surface area is 125 Å². The van der Waals surface area contributed by atoms with Crippen molar-refractivity contribution in [1.82, 2.24) is 20.4 Å². The van der Waals surface area contributed by atoms with Crippen molar-refractivity contribution in [3.8, 4) is 0 Å². The highest BCUT2D eigenvalue weighted by Crippen LogP contribution is 2.29. The second-order valence-electron chi connectivity index (χ2n) is 5.83. The fraction of sp³-hybridized carbons (Fsp3) is 0.714. The molecule has 112 valence electrons. The molecule has 0 bridgehead atoms. The number of hydrogen-bond donors (Lipinski definition) is 2. The van der Waals surface area contributed by atoms with Gasteiger partial charge >= 0.3 is 0 Å². The molecule has 1 amide bonds. The van der Waals surface area contributed by atoms with Crippen LogP contribution >= 0.6 is 12.4 Å². The van der Waals surface area contributed by atoms with Crippen molar-refractivity contribution in [3.05, 3.63) is 17.5 Å². The predicted octanol–water partition coefficient (Wildman–Crippen LogP) is 1.19. The topological polar surface area (TPSA) is 59.0 Å². The average Bonchev–Trinajstić information content (AvgIpc) is 2.70. The quantitative estimate of drug-likeness (QED) is 0.881. The van der Waals surface area contributed by atoms with Crippen LogP contribution in [0, 0.1) is 11.8 Å². The van der Waals surface area contributed by atoms with Crippen molar-refractivity contribution in [3.63, 3.8) is 0 Å². The summed E-state index contributed by atoms with van der Waals surface area (Å²) in [7, 11) is 1.98. The normalized spacial score (nSPS) is 23.2. The summed E-state index contributed by atoms with van der Waals surface area (Å²) in [6, 6.07) is 0.153. The van der Waals surface area contributed by atoms with E-state index in [2.05, 4.69) is 15.7 Å². The molecule has 0 aromatic carbocycles. The molecule has 5 nitrogen and oxygen atoms in total. The second-order valence-corrected chi connectivity index (χ2v) is 5.83. The number of aryl methyl sites for hydroxylation is 1. The molecule has 0 spiro atoms. The predicted molar refractivity (Wildman–Crippen MR) is 79.8 cm³/mol. The molecule has 1 fully saturated rings. The average molecular weight is 299 g/mol. The molecule has 3 rings (SSSR count). The molecule has 20 heavy (non-hydrogen) atoms. The molecule has 1 aromatic rings. The van der Waals surface area contributed by atoms with E-state index in [9.17, 15) is 4.79 Å². The summed E-state index contributed by atoms with van der Waals surface area (Å²) in [5, 5.41) is 10.8. The molecular weight excluding hydrogens is 276 g/mol. The molecule has 2 heterocycles. The number of fused-ring (bicyclic) bond motifs is 1. The lowest BCUT2D eigenvalue weighted by molar-refractivity contribution is -0.127. The first-order valence-electron chi connectivity index (χ1n) is 7.18. The van der Waals surface area contributed by atoms with Gasteiger partial charge in [-0.15, -0.1) is 12.4 Å². The number of halogens is 1. The van der Waals surface area contributed by atoms with Crippen molar-refractivity contribution in [2.75, 3.05) is 13.1 Å². The molecule has 1 aliphatic carbocycles. The molecule has 2 unspecified atom stereocenters. The molecule has 1 aromatic heterocycles. The fourth-order valence-electron chi connectivity index (χ4n) is 3.04. The molecule has 2 N–H and O–H groups in total. The molecule has 0 radical (unpaired) electrons. The molecule has 1 aliphatic heterocycles. The van der Waals surface area contributed by atoms with Gasteiger partial charge in [-0.25, -0.2) is 0 Å². The van der Waals surface area contributed by atoms with Crippen LogP contribution in [0.5, 0.6) is 0 Å². The van der Waals surface area contributed by atoms with Crippen LogP contribution < -0.4 is 10.6 Å². The summed E-state index contributed by atoms with van der Waals surface area (Å²) in [5.74, 6) is 0.786. The first-order chi connectivity index (χ1) is 9.16. The Morgan fingerprint density at radius 2 is 2.30 bits per heavy atom. The van der Waals surface area contributed by atoms with Gasteiger partial charge in [0.2, 0.25) is 5.91 Å². The number of hydrogen-bond acceptors (Lipinski definition) is 3. The van der Waals surface area contributed by atoms with Crippen LogP contribution in [0.15, 0.2) is 6.20 Å². The van der Waals surface area contributed by atoms with Crippen LogP contribution in [0.1, 0.15) is 37.1 Å². The lowest BCUT2D eigenvalue weighted by atomic mass is 9.87. The van der Waals surface area contributed by atoms with Gasteiger partial charge in [0.1, 0.15) is 0 Å². The van der Waals surface area contributed by atoms with Crippen molar-refractivity contribution < 1.29 is 4.79 Å². The third-order valence-corrected chi connectivity index (χ3v) is 4.63. The van der Waals surface area contributed by atoms with Gasteiger partial charge in [0.05, 0.1) is 12.2 Å². The van der Waals surface area contributed by atoms with E-state index in [1.165, 1.54) is 11.3 Å². The van der Waals surface area contributed by atoms with E-state index in [0.717, 1.165) is 32.4 Å². The van der Waals surface area contributed by atoms with Crippen LogP contribution in [0.25, 0.3) is 0 Å². The summed E-state index contributed by atoms with van der Waals surface area (Å²) < 4.78 is 1.94. The monoisotopic (exact) mass is 298 g/mol. The summed E-state index contributed by atoms with van der Waals surface area (Å²) in [5.41, 5.74) is 2.48. The van der Waals surface area contributed by atoms with E-state index in [1.807, 2.05) is 24.9 Å². The maximum absolute atomic E-state index is 12.3. The smallest absolute Gasteiger partial charge is 0.223 e. The minimum atomic E-state index is 0. The van der Waals surface area contributed by atoms with Gasteiger partial charge in [-0.2, -0.15) is 5.10 Å². The number of amides is 1. The van der Waals surface area contributed by atoms with Crippen molar-refractivity contribution in [2.24, 2.45) is 18.9 Å². The van der Waals surface area contributed by atoms with E-state index in [1.54, 1.807) is 0 Å². The number of carbonyl (C=O) groups is 1. The van der Waals surface area contributed by atoms with Gasteiger partial charge in [0, 0.05) is 24.2 Å². The third kappa shape index (κ3) is 2.69. The molecule has 0 saturated carbocycles.